The molecule has 108 valence electrons. The molecule has 2 aromatic rings. The Balaban J connectivity index is 1.78. The summed E-state index contributed by atoms with van der Waals surface area (Å²) in [4.78, 5) is 4.28. The molecule has 6 heteroatoms. The summed E-state index contributed by atoms with van der Waals surface area (Å²) in [5.41, 5.74) is 2.13. The lowest BCUT2D eigenvalue weighted by atomic mass is 10.2. The van der Waals surface area contributed by atoms with Crippen molar-refractivity contribution >= 4 is 11.8 Å². The number of aryl methyl sites for hydroxylation is 1. The quantitative estimate of drug-likeness (QED) is 0.845. The Labute approximate surface area is 120 Å². The van der Waals surface area contributed by atoms with Crippen molar-refractivity contribution in [1.82, 2.24) is 10.3 Å². The van der Waals surface area contributed by atoms with Crippen LogP contribution in [0.1, 0.15) is 22.8 Å². The number of pyridine rings is 1. The van der Waals surface area contributed by atoms with Crippen LogP contribution in [0.3, 0.4) is 0 Å². The van der Waals surface area contributed by atoms with Crippen molar-refractivity contribution in [3.63, 3.8) is 0 Å². The smallest absolute Gasteiger partial charge is 0.284 e. The largest absolute Gasteiger partial charge is 0.464 e. The third kappa shape index (κ3) is 4.61. The fourth-order valence-corrected chi connectivity index (χ4v) is 2.19. The first-order valence-electron chi connectivity index (χ1n) is 6.23. The van der Waals surface area contributed by atoms with Gasteiger partial charge in [-0.05, 0) is 30.7 Å². The van der Waals surface area contributed by atoms with Crippen molar-refractivity contribution in [3.05, 3.63) is 53.2 Å². The molecule has 0 aliphatic carbocycles. The Bertz CT molecular complexity index is 545. The number of furan rings is 1. The number of hydrogen-bond donors (Lipinski definition) is 1. The molecule has 20 heavy (non-hydrogen) atoms. The van der Waals surface area contributed by atoms with Crippen molar-refractivity contribution in [2.75, 3.05) is 0 Å². The number of hydrogen-bond acceptors (Lipinski definition) is 4. The van der Waals surface area contributed by atoms with Crippen LogP contribution >= 0.6 is 11.8 Å². The van der Waals surface area contributed by atoms with E-state index in [-0.39, 0.29) is 5.75 Å². The van der Waals surface area contributed by atoms with Crippen LogP contribution in [0, 0.1) is 6.92 Å². The van der Waals surface area contributed by atoms with E-state index in [0.717, 1.165) is 17.0 Å². The highest BCUT2D eigenvalue weighted by molar-refractivity contribution is 7.98. The number of nitrogens with zero attached hydrogens (tertiary/aromatic N) is 1. The molecule has 0 aromatic carbocycles. The minimum Gasteiger partial charge on any atom is -0.464 e. The lowest BCUT2D eigenvalue weighted by molar-refractivity contribution is 0.251. The average molecular weight is 298 g/mol. The van der Waals surface area contributed by atoms with Crippen molar-refractivity contribution in [2.45, 2.75) is 31.5 Å². The maximum Gasteiger partial charge on any atom is 0.284 e. The summed E-state index contributed by atoms with van der Waals surface area (Å²) in [5, 5.41) is 3.23. The Morgan fingerprint density at radius 3 is 2.80 bits per heavy atom. The van der Waals surface area contributed by atoms with Crippen LogP contribution in [-0.4, -0.2) is 10.7 Å². The molecule has 2 heterocycles. The number of rotatable bonds is 7. The molecule has 0 saturated carbocycles. The van der Waals surface area contributed by atoms with Crippen LogP contribution in [0.2, 0.25) is 0 Å². The summed E-state index contributed by atoms with van der Waals surface area (Å²) < 4.78 is 29.6. The van der Waals surface area contributed by atoms with Crippen LogP contribution in [0.5, 0.6) is 0 Å². The van der Waals surface area contributed by atoms with Gasteiger partial charge in [0, 0.05) is 12.7 Å². The lowest BCUT2D eigenvalue weighted by Gasteiger charge is -2.05. The highest BCUT2D eigenvalue weighted by Gasteiger charge is 2.07. The fraction of sp³-hybridized carbons (Fsp3) is 0.357. The highest BCUT2D eigenvalue weighted by atomic mass is 32.2. The average Bonchev–Trinajstić information content (AvgIpc) is 2.87. The van der Waals surface area contributed by atoms with Gasteiger partial charge in [-0.15, -0.1) is 0 Å². The predicted octanol–water partition coefficient (Wildman–Crippen LogP) is 3.73. The topological polar surface area (TPSA) is 38.1 Å². The Hall–Kier alpha value is -1.40. The zero-order valence-electron chi connectivity index (χ0n) is 11.1. The van der Waals surface area contributed by atoms with E-state index in [1.54, 1.807) is 18.3 Å². The van der Waals surface area contributed by atoms with Gasteiger partial charge in [0.15, 0.2) is 0 Å². The van der Waals surface area contributed by atoms with Crippen molar-refractivity contribution in [3.8, 4) is 0 Å². The second kappa shape index (κ2) is 7.40. The van der Waals surface area contributed by atoms with Gasteiger partial charge in [0.1, 0.15) is 11.5 Å². The minimum absolute atomic E-state index is 0.191. The summed E-state index contributed by atoms with van der Waals surface area (Å²) in [5.74, 6) is -0.866. The van der Waals surface area contributed by atoms with Crippen molar-refractivity contribution in [1.29, 1.82) is 0 Å². The highest BCUT2D eigenvalue weighted by Crippen LogP contribution is 2.21. The zero-order chi connectivity index (χ0) is 14.4. The third-order valence-corrected chi connectivity index (χ3v) is 3.48. The molecule has 3 nitrogen and oxygen atoms in total. The van der Waals surface area contributed by atoms with Gasteiger partial charge in [-0.3, -0.25) is 4.98 Å². The van der Waals surface area contributed by atoms with Crippen molar-refractivity contribution < 1.29 is 13.2 Å². The van der Waals surface area contributed by atoms with E-state index < -0.39 is 5.76 Å². The molecule has 2 rings (SSSR count). The van der Waals surface area contributed by atoms with Gasteiger partial charge >= 0.3 is 0 Å². The first-order chi connectivity index (χ1) is 9.65. The lowest BCUT2D eigenvalue weighted by Crippen LogP contribution is -2.14. The Kier molecular flexibility index (Phi) is 5.55. The first-order valence-corrected chi connectivity index (χ1v) is 7.28. The third-order valence-electron chi connectivity index (χ3n) is 2.78. The molecule has 0 aliphatic heterocycles. The van der Waals surface area contributed by atoms with Crippen LogP contribution in [-0.2, 0) is 18.8 Å². The van der Waals surface area contributed by atoms with Crippen LogP contribution < -0.4 is 5.32 Å². The van der Waals surface area contributed by atoms with E-state index in [2.05, 4.69) is 10.3 Å². The SMILES string of the molecule is Cc1cccnc1CNCc1ccc(CSC(F)F)o1. The monoisotopic (exact) mass is 298 g/mol. The molecule has 0 saturated heterocycles. The van der Waals surface area contributed by atoms with E-state index in [9.17, 15) is 8.78 Å². The van der Waals surface area contributed by atoms with E-state index in [0.29, 0.717) is 30.6 Å². The van der Waals surface area contributed by atoms with Crippen LogP contribution in [0.15, 0.2) is 34.9 Å². The van der Waals surface area contributed by atoms with E-state index in [1.807, 2.05) is 19.1 Å². The standard InChI is InChI=1S/C14H16F2N2OS/c1-10-3-2-6-18-13(10)8-17-7-11-4-5-12(19-11)9-20-14(15)16/h2-6,14,17H,7-9H2,1H3. The molecular weight excluding hydrogens is 282 g/mol. The summed E-state index contributed by atoms with van der Waals surface area (Å²) >= 11 is 0.563. The van der Waals surface area contributed by atoms with Gasteiger partial charge in [-0.2, -0.15) is 8.78 Å². The Morgan fingerprint density at radius 2 is 2.05 bits per heavy atom. The number of thioether (sulfide) groups is 1. The normalized spacial score (nSPS) is 11.2. The molecule has 0 radical (unpaired) electrons. The molecule has 0 fully saturated rings. The van der Waals surface area contributed by atoms with E-state index in [1.165, 1.54) is 0 Å². The molecule has 2 aromatic heterocycles. The summed E-state index contributed by atoms with van der Waals surface area (Å²) in [6.07, 6.45) is 1.76. The molecule has 0 bridgehead atoms. The number of halogens is 2. The molecular formula is C14H16F2N2OS. The maximum absolute atomic E-state index is 12.1. The van der Waals surface area contributed by atoms with Gasteiger partial charge in [0.05, 0.1) is 18.0 Å². The molecule has 0 unspecified atom stereocenters. The number of aromatic nitrogens is 1. The maximum atomic E-state index is 12.1. The van der Waals surface area contributed by atoms with E-state index in [4.69, 9.17) is 4.42 Å². The predicted molar refractivity (Wildman–Crippen MR) is 75.5 cm³/mol. The second-order valence-corrected chi connectivity index (χ2v) is 5.29. The first kappa shape index (κ1) is 15.0. The van der Waals surface area contributed by atoms with Crippen molar-refractivity contribution in [2.24, 2.45) is 0 Å². The molecule has 0 amide bonds. The van der Waals surface area contributed by atoms with Crippen LogP contribution in [0.25, 0.3) is 0 Å². The summed E-state index contributed by atoms with van der Waals surface area (Å²) in [6.45, 7) is 3.21. The molecule has 0 aliphatic rings. The minimum atomic E-state index is -2.37. The van der Waals surface area contributed by atoms with Gasteiger partial charge in [0.2, 0.25) is 0 Å². The van der Waals surface area contributed by atoms with Crippen LogP contribution in [0.4, 0.5) is 8.78 Å². The number of nitrogens with one attached hydrogen (secondary N) is 1. The molecule has 0 spiro atoms. The van der Waals surface area contributed by atoms with Gasteiger partial charge in [-0.25, -0.2) is 0 Å². The summed E-state index contributed by atoms with van der Waals surface area (Å²) in [7, 11) is 0. The van der Waals surface area contributed by atoms with Gasteiger partial charge in [0.25, 0.3) is 5.76 Å². The second-order valence-electron chi connectivity index (χ2n) is 4.31. The molecule has 1 N–H and O–H groups in total. The van der Waals surface area contributed by atoms with Gasteiger partial charge < -0.3 is 9.73 Å². The zero-order valence-corrected chi connectivity index (χ0v) is 11.9. The number of alkyl halides is 2. The van der Waals surface area contributed by atoms with Gasteiger partial charge in [-0.1, -0.05) is 17.8 Å². The van der Waals surface area contributed by atoms with E-state index >= 15 is 0 Å². The molecule has 0 atom stereocenters. The fourth-order valence-electron chi connectivity index (χ4n) is 1.75. The summed E-state index contributed by atoms with van der Waals surface area (Å²) in [6, 6.07) is 7.45. The Morgan fingerprint density at radius 1 is 1.25 bits per heavy atom.